The Morgan fingerprint density at radius 2 is 2.14 bits per heavy atom. The molecule has 0 saturated carbocycles. The van der Waals surface area contributed by atoms with Crippen molar-refractivity contribution in [3.63, 3.8) is 0 Å². The van der Waals surface area contributed by atoms with Crippen LogP contribution in [-0.2, 0) is 14.3 Å². The molecule has 0 fully saturated rings. The van der Waals surface area contributed by atoms with Crippen LogP contribution in [0.15, 0.2) is 23.1 Å². The Bertz CT molecular complexity index is 574. The molecule has 1 aliphatic rings. The quantitative estimate of drug-likeness (QED) is 0.872. The molecule has 0 aromatic heterocycles. The van der Waals surface area contributed by atoms with Crippen LogP contribution >= 0.6 is 11.8 Å². The fourth-order valence-corrected chi connectivity index (χ4v) is 3.36. The number of nitrogens with one attached hydrogen (secondary N) is 1. The van der Waals surface area contributed by atoms with E-state index in [1.165, 1.54) is 32.9 Å². The first-order valence-electron chi connectivity index (χ1n) is 6.72. The lowest BCUT2D eigenvalue weighted by atomic mass is 10.0. The van der Waals surface area contributed by atoms with Gasteiger partial charge >= 0.3 is 5.97 Å². The van der Waals surface area contributed by atoms with Crippen molar-refractivity contribution in [3.8, 4) is 0 Å². The standard InChI is InChI=1S/C15H18FNO3S/c1-9(18)20-15(2,3)14(19)17-12-6-7-21-13-5-4-10(16)8-11(12)13/h4-5,8,12H,6-7H2,1-3H3,(H,17,19)/t12-/m0/s1. The molecular formula is C15H18FNO3S. The topological polar surface area (TPSA) is 55.4 Å². The van der Waals surface area contributed by atoms with Gasteiger partial charge in [0.05, 0.1) is 6.04 Å². The Morgan fingerprint density at radius 3 is 2.81 bits per heavy atom. The van der Waals surface area contributed by atoms with E-state index >= 15 is 0 Å². The molecule has 4 nitrogen and oxygen atoms in total. The van der Waals surface area contributed by atoms with E-state index in [0.29, 0.717) is 6.42 Å². The predicted octanol–water partition coefficient (Wildman–Crippen LogP) is 2.82. The Kier molecular flexibility index (Phi) is 4.56. The number of ether oxygens (including phenoxy) is 1. The van der Waals surface area contributed by atoms with E-state index in [1.807, 2.05) is 0 Å². The summed E-state index contributed by atoms with van der Waals surface area (Å²) in [5.74, 6) is -0.377. The van der Waals surface area contributed by atoms with Gasteiger partial charge in [0, 0.05) is 17.6 Å². The second-order valence-electron chi connectivity index (χ2n) is 5.45. The van der Waals surface area contributed by atoms with Gasteiger partial charge in [-0.05, 0) is 44.0 Å². The van der Waals surface area contributed by atoms with Crippen molar-refractivity contribution in [3.05, 3.63) is 29.6 Å². The second-order valence-corrected chi connectivity index (χ2v) is 6.59. The van der Waals surface area contributed by atoms with Gasteiger partial charge in [0.2, 0.25) is 0 Å². The van der Waals surface area contributed by atoms with E-state index in [2.05, 4.69) is 5.32 Å². The van der Waals surface area contributed by atoms with Gasteiger partial charge < -0.3 is 10.1 Å². The van der Waals surface area contributed by atoms with Gasteiger partial charge in [0.25, 0.3) is 5.91 Å². The first-order valence-corrected chi connectivity index (χ1v) is 7.71. The molecule has 1 N–H and O–H groups in total. The maximum absolute atomic E-state index is 13.4. The number of thioether (sulfide) groups is 1. The summed E-state index contributed by atoms with van der Waals surface area (Å²) in [6.45, 7) is 4.33. The van der Waals surface area contributed by atoms with Crippen LogP contribution in [0.1, 0.15) is 38.8 Å². The van der Waals surface area contributed by atoms with Crippen LogP contribution in [-0.4, -0.2) is 23.2 Å². The van der Waals surface area contributed by atoms with Crippen LogP contribution in [0.2, 0.25) is 0 Å². The number of carbonyl (C=O) groups is 2. The van der Waals surface area contributed by atoms with Gasteiger partial charge in [0.1, 0.15) is 5.82 Å². The highest BCUT2D eigenvalue weighted by molar-refractivity contribution is 7.99. The monoisotopic (exact) mass is 311 g/mol. The molecule has 1 aromatic rings. The van der Waals surface area contributed by atoms with E-state index < -0.39 is 11.6 Å². The number of hydrogen-bond donors (Lipinski definition) is 1. The van der Waals surface area contributed by atoms with Crippen LogP contribution in [0, 0.1) is 5.82 Å². The maximum Gasteiger partial charge on any atom is 0.303 e. The molecule has 0 saturated heterocycles. The Labute approximate surface area is 127 Å². The molecule has 1 aromatic carbocycles. The van der Waals surface area contributed by atoms with Crippen LogP contribution in [0.3, 0.4) is 0 Å². The molecule has 0 spiro atoms. The summed E-state index contributed by atoms with van der Waals surface area (Å²) in [5, 5.41) is 2.85. The number of hydrogen-bond acceptors (Lipinski definition) is 4. The average Bonchev–Trinajstić information content (AvgIpc) is 2.38. The smallest absolute Gasteiger partial charge is 0.303 e. The lowest BCUT2D eigenvalue weighted by Crippen LogP contribution is -2.46. The van der Waals surface area contributed by atoms with Crippen LogP contribution < -0.4 is 5.32 Å². The Hall–Kier alpha value is -1.56. The summed E-state index contributed by atoms with van der Waals surface area (Å²) in [7, 11) is 0. The highest BCUT2D eigenvalue weighted by atomic mass is 32.2. The number of esters is 1. The minimum absolute atomic E-state index is 0.265. The molecule has 0 bridgehead atoms. The summed E-state index contributed by atoms with van der Waals surface area (Å²) in [4.78, 5) is 24.3. The third-order valence-electron chi connectivity index (χ3n) is 3.26. The molecule has 2 rings (SSSR count). The van der Waals surface area contributed by atoms with Gasteiger partial charge in [-0.2, -0.15) is 0 Å². The summed E-state index contributed by atoms with van der Waals surface area (Å²) in [5.41, 5.74) is -0.470. The molecule has 0 aliphatic carbocycles. The zero-order valence-corrected chi connectivity index (χ0v) is 13.1. The summed E-state index contributed by atoms with van der Waals surface area (Å²) < 4.78 is 18.4. The minimum Gasteiger partial charge on any atom is -0.450 e. The molecule has 1 amide bonds. The van der Waals surface area contributed by atoms with Crippen molar-refractivity contribution in [1.82, 2.24) is 5.32 Å². The Balaban J connectivity index is 2.16. The summed E-state index contributed by atoms with van der Waals surface area (Å²) >= 11 is 1.64. The van der Waals surface area contributed by atoms with Crippen LogP contribution in [0.25, 0.3) is 0 Å². The van der Waals surface area contributed by atoms with Crippen LogP contribution in [0.4, 0.5) is 4.39 Å². The molecule has 1 heterocycles. The number of benzene rings is 1. The van der Waals surface area contributed by atoms with E-state index in [4.69, 9.17) is 4.74 Å². The molecule has 0 radical (unpaired) electrons. The van der Waals surface area contributed by atoms with Gasteiger partial charge in [0.15, 0.2) is 5.60 Å². The third-order valence-corrected chi connectivity index (χ3v) is 4.38. The average molecular weight is 311 g/mol. The Morgan fingerprint density at radius 1 is 1.43 bits per heavy atom. The molecule has 21 heavy (non-hydrogen) atoms. The zero-order valence-electron chi connectivity index (χ0n) is 12.2. The van der Waals surface area contributed by atoms with Crippen molar-refractivity contribution in [1.29, 1.82) is 0 Å². The molecule has 6 heteroatoms. The van der Waals surface area contributed by atoms with Gasteiger partial charge in [-0.3, -0.25) is 9.59 Å². The van der Waals surface area contributed by atoms with Crippen molar-refractivity contribution < 1.29 is 18.7 Å². The number of halogens is 1. The van der Waals surface area contributed by atoms with Gasteiger partial charge in [-0.15, -0.1) is 11.8 Å². The number of fused-ring (bicyclic) bond motifs is 1. The first-order chi connectivity index (χ1) is 9.79. The third kappa shape index (κ3) is 3.75. The van der Waals surface area contributed by atoms with E-state index in [-0.39, 0.29) is 17.8 Å². The summed E-state index contributed by atoms with van der Waals surface area (Å²) in [6.07, 6.45) is 0.711. The zero-order chi connectivity index (χ0) is 15.6. The SMILES string of the molecule is CC(=O)OC(C)(C)C(=O)N[C@H]1CCSc2ccc(F)cc21. The fourth-order valence-electron chi connectivity index (χ4n) is 2.25. The van der Waals surface area contributed by atoms with E-state index in [1.54, 1.807) is 17.8 Å². The lowest BCUT2D eigenvalue weighted by molar-refractivity contribution is -0.163. The second kappa shape index (κ2) is 6.05. The molecule has 1 atom stereocenters. The molecule has 0 unspecified atom stereocenters. The summed E-state index contributed by atoms with van der Waals surface area (Å²) in [6, 6.07) is 4.33. The number of carbonyl (C=O) groups excluding carboxylic acids is 2. The predicted molar refractivity (Wildman–Crippen MR) is 78.5 cm³/mol. The van der Waals surface area contributed by atoms with Crippen molar-refractivity contribution in [2.45, 2.75) is 43.7 Å². The lowest BCUT2D eigenvalue weighted by Gasteiger charge is -2.30. The number of amides is 1. The fraction of sp³-hybridized carbons (Fsp3) is 0.467. The van der Waals surface area contributed by atoms with Crippen molar-refractivity contribution in [2.75, 3.05) is 5.75 Å². The largest absolute Gasteiger partial charge is 0.450 e. The van der Waals surface area contributed by atoms with Gasteiger partial charge in [-0.1, -0.05) is 0 Å². The number of rotatable bonds is 3. The minimum atomic E-state index is -1.25. The highest BCUT2D eigenvalue weighted by Crippen LogP contribution is 2.36. The normalized spacial score (nSPS) is 17.8. The first kappa shape index (κ1) is 15.8. The maximum atomic E-state index is 13.4. The van der Waals surface area contributed by atoms with Gasteiger partial charge in [-0.25, -0.2) is 4.39 Å². The molecule has 114 valence electrons. The van der Waals surface area contributed by atoms with E-state index in [9.17, 15) is 14.0 Å². The van der Waals surface area contributed by atoms with Crippen molar-refractivity contribution in [2.24, 2.45) is 0 Å². The highest BCUT2D eigenvalue weighted by Gasteiger charge is 2.34. The molecule has 1 aliphatic heterocycles. The van der Waals surface area contributed by atoms with E-state index in [0.717, 1.165) is 16.2 Å². The molecular weight excluding hydrogens is 293 g/mol. The van der Waals surface area contributed by atoms with Crippen LogP contribution in [0.5, 0.6) is 0 Å². The van der Waals surface area contributed by atoms with Crippen molar-refractivity contribution >= 4 is 23.6 Å².